The Morgan fingerprint density at radius 2 is 0.358 bits per heavy atom. The minimum Gasteiger partial charge on any atom is -0.347 e. The van der Waals surface area contributed by atoms with Gasteiger partial charge in [0, 0.05) is 122 Å². The number of hydrogen-bond donors (Lipinski definition) is 0. The monoisotopic (exact) mass is 996 g/mol. The molecule has 0 amide bonds. The fourth-order valence-corrected chi connectivity index (χ4v) is 9.32. The molecule has 4 heterocycles. The summed E-state index contributed by atoms with van der Waals surface area (Å²) >= 11 is 21.8. The van der Waals surface area contributed by atoms with Gasteiger partial charge in [-0.1, -0.05) is 0 Å². The van der Waals surface area contributed by atoms with E-state index in [9.17, 15) is 0 Å². The molecule has 0 saturated carbocycles. The van der Waals surface area contributed by atoms with E-state index in [1.165, 1.54) is 25.7 Å². The van der Waals surface area contributed by atoms with Crippen LogP contribution < -0.4 is 0 Å². The third kappa shape index (κ3) is 16.5. The van der Waals surface area contributed by atoms with E-state index in [0.29, 0.717) is 48.3 Å². The predicted octanol–water partition coefficient (Wildman–Crippen LogP) is 8.38. The molecule has 8 nitrogen and oxygen atoms in total. The average molecular weight is 996 g/mol. The van der Waals surface area contributed by atoms with Crippen LogP contribution in [0.3, 0.4) is 0 Å². The standard InChI is InChI=1S/4C10H20N2S.Pt/c4*1-8(2)11-6-5-7-12(9(3)4)10(11)13;/h4*8-9H,5-7H2,1-4H3;. The van der Waals surface area contributed by atoms with Crippen molar-refractivity contribution in [2.75, 3.05) is 52.4 Å². The molecule has 0 N–H and O–H groups in total. The van der Waals surface area contributed by atoms with Crippen LogP contribution in [0.15, 0.2) is 0 Å². The Hall–Kier alpha value is -0.552. The molecule has 4 fully saturated rings. The molecule has 4 saturated heterocycles. The Kier molecular flexibility index (Phi) is 25.4. The van der Waals surface area contributed by atoms with Gasteiger partial charge in [-0.3, -0.25) is 0 Å². The second-order valence-electron chi connectivity index (χ2n) is 16.8. The largest absolute Gasteiger partial charge is 0.347 e. The normalized spacial score (nSPS) is 18.7. The van der Waals surface area contributed by atoms with Crippen LogP contribution in [-0.2, 0) is 21.1 Å². The second kappa shape index (κ2) is 25.6. The van der Waals surface area contributed by atoms with Gasteiger partial charge < -0.3 is 39.2 Å². The van der Waals surface area contributed by atoms with Crippen LogP contribution in [-0.4, -0.2) is 160 Å². The number of hydrogen-bond acceptors (Lipinski definition) is 4. The molecule has 0 atom stereocenters. The van der Waals surface area contributed by atoms with Crippen molar-refractivity contribution in [2.24, 2.45) is 0 Å². The van der Waals surface area contributed by atoms with E-state index < -0.39 is 0 Å². The van der Waals surface area contributed by atoms with E-state index in [1.807, 2.05) is 0 Å². The molecule has 0 spiro atoms. The quantitative estimate of drug-likeness (QED) is 0.219. The Bertz CT molecular complexity index is 861. The summed E-state index contributed by atoms with van der Waals surface area (Å²) in [6, 6.07) is 4.29. The Labute approximate surface area is 364 Å². The van der Waals surface area contributed by atoms with Gasteiger partial charge >= 0.3 is 0 Å². The minimum absolute atomic E-state index is 0. The number of thiocarbonyl (C=S) groups is 4. The van der Waals surface area contributed by atoms with Crippen LogP contribution in [0.2, 0.25) is 0 Å². The van der Waals surface area contributed by atoms with E-state index >= 15 is 0 Å². The summed E-state index contributed by atoms with van der Waals surface area (Å²) < 4.78 is 0. The number of nitrogens with zero attached hydrogens (tertiary/aromatic N) is 8. The molecule has 0 radical (unpaired) electrons. The molecule has 13 heteroatoms. The first-order valence-corrected chi connectivity index (χ1v) is 22.1. The molecule has 314 valence electrons. The summed E-state index contributed by atoms with van der Waals surface area (Å²) in [6.45, 7) is 44.3. The molecule has 0 bridgehead atoms. The molecule has 53 heavy (non-hydrogen) atoms. The topological polar surface area (TPSA) is 25.9 Å². The van der Waals surface area contributed by atoms with Crippen molar-refractivity contribution >= 4 is 69.3 Å². The van der Waals surface area contributed by atoms with Gasteiger partial charge in [0.1, 0.15) is 0 Å². The van der Waals surface area contributed by atoms with Gasteiger partial charge in [-0.2, -0.15) is 0 Å². The maximum Gasteiger partial charge on any atom is 0.172 e. The fourth-order valence-electron chi connectivity index (χ4n) is 6.90. The fraction of sp³-hybridized carbons (Fsp3) is 0.900. The zero-order chi connectivity index (χ0) is 40.0. The van der Waals surface area contributed by atoms with Crippen LogP contribution in [0, 0.1) is 0 Å². The summed E-state index contributed by atoms with van der Waals surface area (Å²) in [5.74, 6) is 0. The molecular formula is C40H80N8PtS4. The van der Waals surface area contributed by atoms with Gasteiger partial charge in [0.05, 0.1) is 0 Å². The third-order valence-electron chi connectivity index (χ3n) is 10.1. The zero-order valence-electron chi connectivity index (χ0n) is 36.6. The maximum atomic E-state index is 5.45. The first-order chi connectivity index (χ1) is 24.1. The van der Waals surface area contributed by atoms with Crippen LogP contribution in [0.1, 0.15) is 136 Å². The SMILES string of the molecule is CC(C)N1CCCN(C(C)C)C1=S.CC(C)N1CCCN(C(C)C)C1=S.CC(C)N1CCCN(C(C)C)C1=S.CC(C)N1CCCN(C(C)C)C1=S.[Pt]. The Morgan fingerprint density at radius 3 is 0.434 bits per heavy atom. The second-order valence-corrected chi connectivity index (χ2v) is 18.3. The first kappa shape index (κ1) is 52.4. The molecule has 4 rings (SSSR count). The van der Waals surface area contributed by atoms with Crippen molar-refractivity contribution < 1.29 is 21.1 Å². The van der Waals surface area contributed by atoms with E-state index in [4.69, 9.17) is 48.9 Å². The molecule has 0 unspecified atom stereocenters. The van der Waals surface area contributed by atoms with Gasteiger partial charge in [-0.25, -0.2) is 0 Å². The van der Waals surface area contributed by atoms with Crippen LogP contribution in [0.4, 0.5) is 0 Å². The van der Waals surface area contributed by atoms with Crippen molar-refractivity contribution in [1.82, 2.24) is 39.2 Å². The molecule has 0 aliphatic carbocycles. The van der Waals surface area contributed by atoms with E-state index in [0.717, 1.165) is 72.8 Å². The maximum absolute atomic E-state index is 5.45. The van der Waals surface area contributed by atoms with Gasteiger partial charge in [0.25, 0.3) is 0 Å². The predicted molar refractivity (Wildman–Crippen MR) is 244 cm³/mol. The summed E-state index contributed by atoms with van der Waals surface area (Å²) in [5.41, 5.74) is 0. The molecule has 0 aromatic rings. The average Bonchev–Trinajstić information content (AvgIpc) is 3.05. The van der Waals surface area contributed by atoms with Crippen molar-refractivity contribution in [3.05, 3.63) is 0 Å². The first-order valence-electron chi connectivity index (χ1n) is 20.4. The van der Waals surface area contributed by atoms with Gasteiger partial charge in [-0.05, 0) is 185 Å². The molecule has 0 aromatic carbocycles. The Morgan fingerprint density at radius 1 is 0.264 bits per heavy atom. The molecule has 4 aliphatic rings. The van der Waals surface area contributed by atoms with Crippen LogP contribution in [0.25, 0.3) is 0 Å². The minimum atomic E-state index is 0. The van der Waals surface area contributed by atoms with E-state index in [1.54, 1.807) is 0 Å². The van der Waals surface area contributed by atoms with E-state index in [2.05, 4.69) is 150 Å². The van der Waals surface area contributed by atoms with Crippen molar-refractivity contribution in [3.63, 3.8) is 0 Å². The van der Waals surface area contributed by atoms with Crippen molar-refractivity contribution in [2.45, 2.75) is 185 Å². The van der Waals surface area contributed by atoms with Gasteiger partial charge in [-0.15, -0.1) is 0 Å². The third-order valence-corrected chi connectivity index (χ3v) is 12.0. The summed E-state index contributed by atoms with van der Waals surface area (Å²) in [5, 5.41) is 4.15. The van der Waals surface area contributed by atoms with Gasteiger partial charge in [0.2, 0.25) is 0 Å². The van der Waals surface area contributed by atoms with E-state index in [-0.39, 0.29) is 21.1 Å². The molecular weight excluding hydrogens is 916 g/mol. The van der Waals surface area contributed by atoms with Crippen molar-refractivity contribution in [3.8, 4) is 0 Å². The van der Waals surface area contributed by atoms with Crippen LogP contribution in [0.5, 0.6) is 0 Å². The molecule has 0 aromatic heterocycles. The summed E-state index contributed by atoms with van der Waals surface area (Å²) in [4.78, 5) is 18.5. The smallest absolute Gasteiger partial charge is 0.172 e. The number of rotatable bonds is 8. The molecule has 4 aliphatic heterocycles. The zero-order valence-corrected chi connectivity index (χ0v) is 42.2. The van der Waals surface area contributed by atoms with Crippen LogP contribution >= 0.6 is 48.9 Å². The summed E-state index contributed by atoms with van der Waals surface area (Å²) in [7, 11) is 0. The summed E-state index contributed by atoms with van der Waals surface area (Å²) in [6.07, 6.45) is 4.93. The van der Waals surface area contributed by atoms with Gasteiger partial charge in [0.15, 0.2) is 20.4 Å². The van der Waals surface area contributed by atoms with Crippen molar-refractivity contribution in [1.29, 1.82) is 0 Å². The Balaban J connectivity index is 0.000000676.